The Kier molecular flexibility index (Phi) is 5.38. The first-order valence-corrected chi connectivity index (χ1v) is 11.3. The largest absolute Gasteiger partial charge is 0.322 e. The number of nitrogens with one attached hydrogen (secondary N) is 1. The molecule has 0 saturated heterocycles. The minimum atomic E-state index is -3.87. The van der Waals surface area contributed by atoms with Gasteiger partial charge in [-0.3, -0.25) is 4.79 Å². The maximum Gasteiger partial charge on any atom is 0.256 e. The molecule has 0 aliphatic rings. The minimum absolute atomic E-state index is 0.0743. The van der Waals surface area contributed by atoms with E-state index in [0.717, 1.165) is 10.0 Å². The third kappa shape index (κ3) is 4.25. The molecule has 150 valence electrons. The van der Waals surface area contributed by atoms with Crippen LogP contribution in [0.4, 0.5) is 5.69 Å². The van der Waals surface area contributed by atoms with Gasteiger partial charge in [0.05, 0.1) is 21.7 Å². The zero-order chi connectivity index (χ0) is 21.3. The fourth-order valence-electron chi connectivity index (χ4n) is 3.11. The van der Waals surface area contributed by atoms with Gasteiger partial charge in [0, 0.05) is 21.1 Å². The van der Waals surface area contributed by atoms with E-state index in [-0.39, 0.29) is 10.8 Å². The molecule has 0 aliphatic carbocycles. The van der Waals surface area contributed by atoms with Crippen molar-refractivity contribution in [1.29, 1.82) is 0 Å². The molecule has 0 fully saturated rings. The molecule has 30 heavy (non-hydrogen) atoms. The molecule has 0 spiro atoms. The second-order valence-electron chi connectivity index (χ2n) is 6.61. The van der Waals surface area contributed by atoms with Crippen LogP contribution in [0.3, 0.4) is 0 Å². The van der Waals surface area contributed by atoms with Crippen LogP contribution < -0.4 is 10.5 Å². The summed E-state index contributed by atoms with van der Waals surface area (Å²) in [6, 6.07) is 22.6. The van der Waals surface area contributed by atoms with Crippen LogP contribution in [0.25, 0.3) is 22.2 Å². The van der Waals surface area contributed by atoms with Gasteiger partial charge in [0.15, 0.2) is 0 Å². The molecule has 1 aromatic heterocycles. The fraction of sp³-hybridized carbons (Fsp3) is 0. The van der Waals surface area contributed by atoms with Crippen LogP contribution in [-0.2, 0) is 10.0 Å². The molecular weight excluding hydrogens is 466 g/mol. The molecule has 0 unspecified atom stereocenters. The first-order valence-electron chi connectivity index (χ1n) is 8.91. The van der Waals surface area contributed by atoms with Crippen LogP contribution in [0.15, 0.2) is 88.2 Å². The summed E-state index contributed by atoms with van der Waals surface area (Å²) >= 11 is 3.46. The van der Waals surface area contributed by atoms with E-state index in [2.05, 4.69) is 26.2 Å². The number of pyridine rings is 1. The Morgan fingerprint density at radius 3 is 2.47 bits per heavy atom. The maximum atomic E-state index is 13.1. The summed E-state index contributed by atoms with van der Waals surface area (Å²) in [5.74, 6) is -0.378. The Hall–Kier alpha value is -3.07. The van der Waals surface area contributed by atoms with Crippen molar-refractivity contribution in [1.82, 2.24) is 4.98 Å². The monoisotopic (exact) mass is 481 g/mol. The minimum Gasteiger partial charge on any atom is -0.322 e. The number of para-hydroxylation sites is 1. The number of halogens is 1. The quantitative estimate of drug-likeness (QED) is 0.445. The van der Waals surface area contributed by atoms with Crippen molar-refractivity contribution >= 4 is 48.5 Å². The van der Waals surface area contributed by atoms with Crippen LogP contribution in [0.1, 0.15) is 10.4 Å². The molecule has 0 atom stereocenters. The number of carbonyl (C=O) groups is 1. The summed E-state index contributed by atoms with van der Waals surface area (Å²) in [7, 11) is -3.87. The number of rotatable bonds is 4. The Balaban J connectivity index is 1.79. The molecule has 1 amide bonds. The number of hydrogen-bond acceptors (Lipinski definition) is 4. The normalized spacial score (nSPS) is 11.4. The number of fused-ring (bicyclic) bond motifs is 1. The predicted octanol–water partition coefficient (Wildman–Crippen LogP) is 4.56. The van der Waals surface area contributed by atoms with Crippen LogP contribution in [0.5, 0.6) is 0 Å². The molecule has 6 nitrogen and oxygen atoms in total. The van der Waals surface area contributed by atoms with E-state index in [4.69, 9.17) is 5.14 Å². The fourth-order valence-corrected chi connectivity index (χ4v) is 4.07. The van der Waals surface area contributed by atoms with Gasteiger partial charge in [-0.05, 0) is 42.5 Å². The second kappa shape index (κ2) is 7.98. The molecule has 0 bridgehead atoms. The van der Waals surface area contributed by atoms with Crippen molar-refractivity contribution < 1.29 is 13.2 Å². The first kappa shape index (κ1) is 20.2. The maximum absolute atomic E-state index is 13.1. The molecule has 3 aromatic carbocycles. The van der Waals surface area contributed by atoms with E-state index < -0.39 is 10.0 Å². The lowest BCUT2D eigenvalue weighted by molar-refractivity contribution is 0.102. The molecule has 0 saturated carbocycles. The van der Waals surface area contributed by atoms with Crippen molar-refractivity contribution in [3.8, 4) is 11.3 Å². The van der Waals surface area contributed by atoms with E-state index in [1.54, 1.807) is 12.1 Å². The van der Waals surface area contributed by atoms with Gasteiger partial charge in [-0.25, -0.2) is 18.5 Å². The van der Waals surface area contributed by atoms with Crippen molar-refractivity contribution in [3.05, 3.63) is 88.9 Å². The third-order valence-corrected chi connectivity index (χ3v) is 5.91. The summed E-state index contributed by atoms with van der Waals surface area (Å²) in [6.45, 7) is 0. The number of anilines is 1. The van der Waals surface area contributed by atoms with Gasteiger partial charge in [-0.15, -0.1) is 0 Å². The summed E-state index contributed by atoms with van der Waals surface area (Å²) in [5.41, 5.74) is 2.95. The lowest BCUT2D eigenvalue weighted by Gasteiger charge is -2.11. The van der Waals surface area contributed by atoms with Gasteiger partial charge >= 0.3 is 0 Å². The SMILES string of the molecule is NS(=O)(=O)c1cccc(NC(=O)c2cc(-c3cccc(Br)c3)nc3ccccc23)c1. The van der Waals surface area contributed by atoms with Crippen molar-refractivity contribution in [2.75, 3.05) is 5.32 Å². The highest BCUT2D eigenvalue weighted by Gasteiger charge is 2.15. The number of hydrogen-bond donors (Lipinski definition) is 2. The number of nitrogens with zero attached hydrogens (tertiary/aromatic N) is 1. The van der Waals surface area contributed by atoms with Crippen LogP contribution in [0.2, 0.25) is 0 Å². The Morgan fingerprint density at radius 1 is 0.933 bits per heavy atom. The van der Waals surface area contributed by atoms with Crippen molar-refractivity contribution in [2.24, 2.45) is 5.14 Å². The zero-order valence-electron chi connectivity index (χ0n) is 15.5. The van der Waals surface area contributed by atoms with Gasteiger partial charge in [0.2, 0.25) is 10.0 Å². The summed E-state index contributed by atoms with van der Waals surface area (Å²) in [4.78, 5) is 17.7. The van der Waals surface area contributed by atoms with Gasteiger partial charge < -0.3 is 5.32 Å². The van der Waals surface area contributed by atoms with Gasteiger partial charge in [-0.2, -0.15) is 0 Å². The number of benzene rings is 3. The lowest BCUT2D eigenvalue weighted by atomic mass is 10.0. The molecule has 4 rings (SSSR count). The number of aromatic nitrogens is 1. The van der Waals surface area contributed by atoms with Gasteiger partial charge in [0.25, 0.3) is 5.91 Å². The van der Waals surface area contributed by atoms with Crippen molar-refractivity contribution in [3.63, 3.8) is 0 Å². The van der Waals surface area contributed by atoms with E-state index in [1.165, 1.54) is 18.2 Å². The lowest BCUT2D eigenvalue weighted by Crippen LogP contribution is -2.15. The van der Waals surface area contributed by atoms with Crippen molar-refractivity contribution in [2.45, 2.75) is 4.90 Å². The Bertz CT molecular complexity index is 1390. The molecule has 8 heteroatoms. The van der Waals surface area contributed by atoms with E-state index >= 15 is 0 Å². The van der Waals surface area contributed by atoms with Gasteiger partial charge in [-0.1, -0.05) is 52.3 Å². The third-order valence-electron chi connectivity index (χ3n) is 4.50. The predicted molar refractivity (Wildman–Crippen MR) is 121 cm³/mol. The van der Waals surface area contributed by atoms with Crippen LogP contribution in [-0.4, -0.2) is 19.3 Å². The number of primary sulfonamides is 1. The second-order valence-corrected chi connectivity index (χ2v) is 9.09. The average Bonchev–Trinajstić information content (AvgIpc) is 2.72. The topological polar surface area (TPSA) is 102 Å². The van der Waals surface area contributed by atoms with E-state index in [0.29, 0.717) is 27.8 Å². The van der Waals surface area contributed by atoms with Crippen LogP contribution in [0, 0.1) is 0 Å². The van der Waals surface area contributed by atoms with Gasteiger partial charge in [0.1, 0.15) is 0 Å². The summed E-state index contributed by atoms with van der Waals surface area (Å²) < 4.78 is 24.1. The standard InChI is InChI=1S/C22H16BrN3O3S/c23-15-6-3-5-14(11-15)21-13-19(18-9-1-2-10-20(18)26-21)22(27)25-16-7-4-8-17(12-16)30(24,28)29/h1-13H,(H,25,27)(H2,24,28,29). The van der Waals surface area contributed by atoms with E-state index in [9.17, 15) is 13.2 Å². The molecular formula is C22H16BrN3O3S. The Morgan fingerprint density at radius 2 is 1.70 bits per heavy atom. The summed E-state index contributed by atoms with van der Waals surface area (Å²) in [6.07, 6.45) is 0. The molecule has 0 aliphatic heterocycles. The van der Waals surface area contributed by atoms with E-state index in [1.807, 2.05) is 48.5 Å². The molecule has 4 aromatic rings. The number of amides is 1. The first-order chi connectivity index (χ1) is 14.3. The summed E-state index contributed by atoms with van der Waals surface area (Å²) in [5, 5.41) is 8.63. The highest BCUT2D eigenvalue weighted by atomic mass is 79.9. The highest BCUT2D eigenvalue weighted by molar-refractivity contribution is 9.10. The highest BCUT2D eigenvalue weighted by Crippen LogP contribution is 2.27. The number of nitrogens with two attached hydrogens (primary N) is 1. The molecule has 1 heterocycles. The molecule has 0 radical (unpaired) electrons. The molecule has 3 N–H and O–H groups in total. The average molecular weight is 482 g/mol. The van der Waals surface area contributed by atoms with Crippen LogP contribution >= 0.6 is 15.9 Å². The smallest absolute Gasteiger partial charge is 0.256 e. The number of sulfonamides is 1. The zero-order valence-corrected chi connectivity index (χ0v) is 17.9. The Labute approximate surface area is 181 Å². The number of carbonyl (C=O) groups excluding carboxylic acids is 1.